The Morgan fingerprint density at radius 1 is 1.39 bits per heavy atom. The van der Waals surface area contributed by atoms with Crippen molar-refractivity contribution in [1.29, 1.82) is 0 Å². The molecule has 1 aliphatic rings. The fraction of sp³-hybridized carbons (Fsp3) is 0.600. The number of ether oxygens (including phenoxy) is 2. The third-order valence-corrected chi connectivity index (χ3v) is 3.61. The van der Waals surface area contributed by atoms with Crippen LogP contribution in [0.3, 0.4) is 0 Å². The van der Waals surface area contributed by atoms with Crippen molar-refractivity contribution in [3.8, 4) is 17.2 Å². The fourth-order valence-electron chi connectivity index (χ4n) is 2.68. The molecule has 0 spiro atoms. The molecule has 1 aromatic carbocycles. The first-order valence-electron chi connectivity index (χ1n) is 6.44. The van der Waals surface area contributed by atoms with E-state index in [-0.39, 0.29) is 11.4 Å². The molecule has 0 fully saturated rings. The first-order valence-corrected chi connectivity index (χ1v) is 6.44. The molecule has 0 saturated heterocycles. The summed E-state index contributed by atoms with van der Waals surface area (Å²) in [5, 5.41) is 9.92. The second kappa shape index (κ2) is 4.38. The van der Waals surface area contributed by atoms with Gasteiger partial charge in [0.05, 0.1) is 7.11 Å². The predicted molar refractivity (Wildman–Crippen MR) is 71.6 cm³/mol. The van der Waals surface area contributed by atoms with Crippen LogP contribution in [0.1, 0.15) is 45.6 Å². The lowest BCUT2D eigenvalue weighted by Crippen LogP contribution is -2.36. The Labute approximate surface area is 109 Å². The number of phenolic OH excluding ortho intramolecular Hbond substituents is 1. The van der Waals surface area contributed by atoms with Crippen LogP contribution in [0.2, 0.25) is 0 Å². The van der Waals surface area contributed by atoms with Crippen LogP contribution >= 0.6 is 0 Å². The third kappa shape index (κ3) is 2.26. The maximum atomic E-state index is 9.92. The maximum Gasteiger partial charge on any atom is 0.164 e. The van der Waals surface area contributed by atoms with Crippen molar-refractivity contribution >= 4 is 0 Å². The Morgan fingerprint density at radius 2 is 2.06 bits per heavy atom. The van der Waals surface area contributed by atoms with Gasteiger partial charge < -0.3 is 14.6 Å². The molecule has 0 radical (unpaired) electrons. The minimum Gasteiger partial charge on any atom is -0.504 e. The zero-order valence-electron chi connectivity index (χ0n) is 11.8. The lowest BCUT2D eigenvalue weighted by atomic mass is 9.78. The van der Waals surface area contributed by atoms with E-state index in [9.17, 15) is 5.11 Å². The Balaban J connectivity index is 2.52. The molecule has 3 nitrogen and oxygen atoms in total. The lowest BCUT2D eigenvalue weighted by molar-refractivity contribution is 0.0634. The summed E-state index contributed by atoms with van der Waals surface area (Å²) in [5.41, 5.74) is 0.909. The Bertz CT molecular complexity index is 449. The maximum absolute atomic E-state index is 9.92. The molecule has 1 N–H and O–H groups in total. The number of hydrogen-bond donors (Lipinski definition) is 1. The van der Waals surface area contributed by atoms with Crippen LogP contribution < -0.4 is 9.47 Å². The van der Waals surface area contributed by atoms with E-state index in [1.54, 1.807) is 19.2 Å². The average Bonchev–Trinajstić information content (AvgIpc) is 2.27. The second-order valence-corrected chi connectivity index (χ2v) is 5.98. The van der Waals surface area contributed by atoms with E-state index < -0.39 is 0 Å². The summed E-state index contributed by atoms with van der Waals surface area (Å²) in [6, 6.07) is 3.58. The molecule has 1 heterocycles. The fourth-order valence-corrected chi connectivity index (χ4v) is 2.68. The monoisotopic (exact) mass is 250 g/mol. The van der Waals surface area contributed by atoms with Crippen LogP contribution in [0.25, 0.3) is 0 Å². The number of hydrogen-bond acceptors (Lipinski definition) is 3. The molecule has 0 aliphatic carbocycles. The summed E-state index contributed by atoms with van der Waals surface area (Å²) in [5.74, 6) is 2.40. The molecule has 0 saturated carbocycles. The van der Waals surface area contributed by atoms with Crippen LogP contribution in [-0.4, -0.2) is 17.8 Å². The van der Waals surface area contributed by atoms with Crippen molar-refractivity contribution in [2.45, 2.75) is 45.6 Å². The van der Waals surface area contributed by atoms with Crippen LogP contribution in [0, 0.1) is 5.92 Å². The number of aromatic hydroxyl groups is 1. The highest BCUT2D eigenvalue weighted by molar-refractivity contribution is 5.52. The Kier molecular flexibility index (Phi) is 3.18. The highest BCUT2D eigenvalue weighted by atomic mass is 16.5. The van der Waals surface area contributed by atoms with Gasteiger partial charge in [0.25, 0.3) is 0 Å². The predicted octanol–water partition coefficient (Wildman–Crippen LogP) is 3.70. The lowest BCUT2D eigenvalue weighted by Gasteiger charge is -2.39. The standard InChI is InChI=1S/C15H22O3/c1-9(2)11-8-15(3,4)18-13-7-14(17-5)12(16)6-10(11)13/h6-7,9,11,16H,8H2,1-5H3. The quantitative estimate of drug-likeness (QED) is 0.869. The highest BCUT2D eigenvalue weighted by Gasteiger charge is 2.36. The zero-order valence-corrected chi connectivity index (χ0v) is 11.8. The molecule has 100 valence electrons. The third-order valence-electron chi connectivity index (χ3n) is 3.61. The van der Waals surface area contributed by atoms with Crippen LogP contribution in [0.15, 0.2) is 12.1 Å². The molecule has 1 aliphatic heterocycles. The second-order valence-electron chi connectivity index (χ2n) is 5.98. The van der Waals surface area contributed by atoms with E-state index in [2.05, 4.69) is 27.7 Å². The molecular weight excluding hydrogens is 228 g/mol. The summed E-state index contributed by atoms with van der Waals surface area (Å²) >= 11 is 0. The van der Waals surface area contributed by atoms with Crippen LogP contribution in [0.5, 0.6) is 17.2 Å². The Morgan fingerprint density at radius 3 is 2.61 bits per heavy atom. The van der Waals surface area contributed by atoms with Gasteiger partial charge in [0.2, 0.25) is 0 Å². The summed E-state index contributed by atoms with van der Waals surface area (Å²) in [4.78, 5) is 0. The van der Waals surface area contributed by atoms with Crippen molar-refractivity contribution in [3.63, 3.8) is 0 Å². The molecule has 0 aromatic heterocycles. The van der Waals surface area contributed by atoms with Gasteiger partial charge in [-0.05, 0) is 38.2 Å². The van der Waals surface area contributed by atoms with Crippen molar-refractivity contribution in [2.75, 3.05) is 7.11 Å². The molecule has 1 unspecified atom stereocenters. The van der Waals surface area contributed by atoms with Crippen LogP contribution in [0.4, 0.5) is 0 Å². The summed E-state index contributed by atoms with van der Waals surface area (Å²) in [6.07, 6.45) is 0.962. The van der Waals surface area contributed by atoms with E-state index in [4.69, 9.17) is 9.47 Å². The Hall–Kier alpha value is -1.38. The molecular formula is C15H22O3. The molecule has 2 rings (SSSR count). The van der Waals surface area contributed by atoms with Gasteiger partial charge in [-0.15, -0.1) is 0 Å². The van der Waals surface area contributed by atoms with Crippen molar-refractivity contribution < 1.29 is 14.6 Å². The molecule has 1 atom stereocenters. The minimum absolute atomic E-state index is 0.177. The average molecular weight is 250 g/mol. The zero-order chi connectivity index (χ0) is 13.5. The number of fused-ring (bicyclic) bond motifs is 1. The summed E-state index contributed by atoms with van der Waals surface area (Å²) in [6.45, 7) is 8.61. The normalized spacial score (nSPS) is 21.3. The number of methoxy groups -OCH3 is 1. The number of rotatable bonds is 2. The topological polar surface area (TPSA) is 38.7 Å². The van der Waals surface area contributed by atoms with Gasteiger partial charge in [-0.1, -0.05) is 13.8 Å². The van der Waals surface area contributed by atoms with Crippen LogP contribution in [-0.2, 0) is 0 Å². The first-order chi connectivity index (χ1) is 8.34. The molecule has 18 heavy (non-hydrogen) atoms. The van der Waals surface area contributed by atoms with Gasteiger partial charge in [-0.2, -0.15) is 0 Å². The van der Waals surface area contributed by atoms with E-state index in [0.29, 0.717) is 17.6 Å². The number of benzene rings is 1. The largest absolute Gasteiger partial charge is 0.504 e. The van der Waals surface area contributed by atoms with E-state index in [1.807, 2.05) is 0 Å². The molecule has 1 aromatic rings. The van der Waals surface area contributed by atoms with Gasteiger partial charge in [0, 0.05) is 11.6 Å². The van der Waals surface area contributed by atoms with Crippen molar-refractivity contribution in [2.24, 2.45) is 5.92 Å². The van der Waals surface area contributed by atoms with Gasteiger partial charge in [-0.3, -0.25) is 0 Å². The smallest absolute Gasteiger partial charge is 0.164 e. The van der Waals surface area contributed by atoms with Gasteiger partial charge in [0.15, 0.2) is 11.5 Å². The van der Waals surface area contributed by atoms with Crippen molar-refractivity contribution in [3.05, 3.63) is 17.7 Å². The van der Waals surface area contributed by atoms with Gasteiger partial charge in [-0.25, -0.2) is 0 Å². The number of phenols is 1. The van der Waals surface area contributed by atoms with E-state index in [0.717, 1.165) is 17.7 Å². The molecule has 0 bridgehead atoms. The van der Waals surface area contributed by atoms with Gasteiger partial charge in [0.1, 0.15) is 11.4 Å². The van der Waals surface area contributed by atoms with E-state index in [1.165, 1.54) is 0 Å². The SMILES string of the molecule is COc1cc2c(cc1O)C(C(C)C)CC(C)(C)O2. The first kappa shape index (κ1) is 13.1. The highest BCUT2D eigenvalue weighted by Crippen LogP contribution is 2.47. The van der Waals surface area contributed by atoms with Gasteiger partial charge >= 0.3 is 0 Å². The summed E-state index contributed by atoms with van der Waals surface area (Å²) < 4.78 is 11.2. The molecule has 3 heteroatoms. The summed E-state index contributed by atoms with van der Waals surface area (Å²) in [7, 11) is 1.55. The molecule has 0 amide bonds. The van der Waals surface area contributed by atoms with Crippen molar-refractivity contribution in [1.82, 2.24) is 0 Å². The van der Waals surface area contributed by atoms with E-state index >= 15 is 0 Å². The minimum atomic E-state index is -0.177.